The van der Waals surface area contributed by atoms with Gasteiger partial charge in [0.25, 0.3) is 0 Å². The summed E-state index contributed by atoms with van der Waals surface area (Å²) >= 11 is 0. The molecule has 1 aromatic heterocycles. The van der Waals surface area contributed by atoms with Gasteiger partial charge in [0.2, 0.25) is 0 Å². The van der Waals surface area contributed by atoms with E-state index in [1.165, 1.54) is 0 Å². The number of carboxylic acids is 1. The van der Waals surface area contributed by atoms with Gasteiger partial charge in [0.15, 0.2) is 0 Å². The Labute approximate surface area is 105 Å². The highest BCUT2D eigenvalue weighted by Crippen LogP contribution is 2.26. The first kappa shape index (κ1) is 12.2. The standard InChI is InChI=1S/C14H14N2O2/c1-3-9-5-4-6-12-13(9)10(8(2)16-12)7-11(15)14(17)18/h1,4-6,11,16H,7,15H2,2H3,(H,17,18). The Balaban J connectivity index is 2.59. The molecule has 92 valence electrons. The molecule has 0 aliphatic carbocycles. The number of nitrogens with two attached hydrogens (primary N) is 1. The van der Waals surface area contributed by atoms with Crippen molar-refractivity contribution in [3.63, 3.8) is 0 Å². The van der Waals surface area contributed by atoms with Gasteiger partial charge in [0.05, 0.1) is 0 Å². The van der Waals surface area contributed by atoms with Crippen LogP contribution in [-0.2, 0) is 11.2 Å². The van der Waals surface area contributed by atoms with E-state index in [0.29, 0.717) is 0 Å². The van der Waals surface area contributed by atoms with Crippen molar-refractivity contribution in [3.05, 3.63) is 35.0 Å². The third-order valence-electron chi connectivity index (χ3n) is 3.04. The summed E-state index contributed by atoms with van der Waals surface area (Å²) in [5.41, 5.74) is 9.05. The summed E-state index contributed by atoms with van der Waals surface area (Å²) in [6.45, 7) is 1.89. The molecule has 2 rings (SSSR count). The monoisotopic (exact) mass is 242 g/mol. The number of aliphatic carboxylic acids is 1. The van der Waals surface area contributed by atoms with E-state index in [9.17, 15) is 4.79 Å². The molecule has 0 spiro atoms. The first-order valence-electron chi connectivity index (χ1n) is 5.59. The van der Waals surface area contributed by atoms with Gasteiger partial charge in [-0.1, -0.05) is 12.0 Å². The second-order valence-electron chi connectivity index (χ2n) is 4.25. The van der Waals surface area contributed by atoms with E-state index < -0.39 is 12.0 Å². The number of aromatic amines is 1. The molecule has 0 bridgehead atoms. The van der Waals surface area contributed by atoms with E-state index in [1.807, 2.05) is 25.1 Å². The Kier molecular flexibility index (Phi) is 3.09. The van der Waals surface area contributed by atoms with Crippen LogP contribution >= 0.6 is 0 Å². The summed E-state index contributed by atoms with van der Waals surface area (Å²) in [6.07, 6.45) is 5.74. The number of H-pyrrole nitrogens is 1. The Hall–Kier alpha value is -2.25. The molecule has 0 aliphatic rings. The van der Waals surface area contributed by atoms with Crippen LogP contribution in [-0.4, -0.2) is 22.1 Å². The Bertz CT molecular complexity index is 650. The first-order chi connectivity index (χ1) is 8.54. The molecule has 0 radical (unpaired) electrons. The van der Waals surface area contributed by atoms with Crippen molar-refractivity contribution in [2.75, 3.05) is 0 Å². The summed E-state index contributed by atoms with van der Waals surface area (Å²) in [5, 5.41) is 9.79. The molecule has 0 saturated heterocycles. The van der Waals surface area contributed by atoms with Gasteiger partial charge in [0.1, 0.15) is 6.04 Å². The zero-order chi connectivity index (χ0) is 13.3. The highest BCUT2D eigenvalue weighted by Gasteiger charge is 2.18. The average molecular weight is 242 g/mol. The van der Waals surface area contributed by atoms with Crippen molar-refractivity contribution in [1.82, 2.24) is 4.98 Å². The third-order valence-corrected chi connectivity index (χ3v) is 3.04. The number of carbonyl (C=O) groups is 1. The van der Waals surface area contributed by atoms with Crippen LogP contribution in [0.15, 0.2) is 18.2 Å². The molecule has 4 heteroatoms. The van der Waals surface area contributed by atoms with Gasteiger partial charge in [-0.25, -0.2) is 0 Å². The lowest BCUT2D eigenvalue weighted by Crippen LogP contribution is -2.32. The Morgan fingerprint density at radius 1 is 1.61 bits per heavy atom. The van der Waals surface area contributed by atoms with Crippen molar-refractivity contribution in [2.24, 2.45) is 5.73 Å². The van der Waals surface area contributed by atoms with Crippen LogP contribution < -0.4 is 5.73 Å². The minimum atomic E-state index is -1.01. The minimum Gasteiger partial charge on any atom is -0.480 e. The molecule has 1 atom stereocenters. The summed E-state index contributed by atoms with van der Waals surface area (Å²) in [7, 11) is 0. The van der Waals surface area contributed by atoms with Crippen LogP contribution in [0.25, 0.3) is 10.9 Å². The minimum absolute atomic E-state index is 0.264. The fraction of sp³-hybridized carbons (Fsp3) is 0.214. The van der Waals surface area contributed by atoms with Crippen LogP contribution in [0.5, 0.6) is 0 Å². The van der Waals surface area contributed by atoms with Gasteiger partial charge >= 0.3 is 5.97 Å². The zero-order valence-corrected chi connectivity index (χ0v) is 10.0. The summed E-state index contributed by atoms with van der Waals surface area (Å²) < 4.78 is 0. The van der Waals surface area contributed by atoms with Crippen molar-refractivity contribution >= 4 is 16.9 Å². The topological polar surface area (TPSA) is 79.1 Å². The number of hydrogen-bond acceptors (Lipinski definition) is 2. The fourth-order valence-corrected chi connectivity index (χ4v) is 2.13. The summed E-state index contributed by atoms with van der Waals surface area (Å²) in [5.74, 6) is 1.61. The van der Waals surface area contributed by atoms with E-state index in [-0.39, 0.29) is 6.42 Å². The molecule has 2 aromatic rings. The lowest BCUT2D eigenvalue weighted by molar-refractivity contribution is -0.138. The number of fused-ring (bicyclic) bond motifs is 1. The van der Waals surface area contributed by atoms with Crippen molar-refractivity contribution in [2.45, 2.75) is 19.4 Å². The molecule has 4 N–H and O–H groups in total. The van der Waals surface area contributed by atoms with Gasteiger partial charge in [-0.2, -0.15) is 0 Å². The highest BCUT2D eigenvalue weighted by molar-refractivity contribution is 5.91. The van der Waals surface area contributed by atoms with E-state index in [0.717, 1.165) is 27.7 Å². The SMILES string of the molecule is C#Cc1cccc2[nH]c(C)c(CC(N)C(=O)O)c12. The predicted octanol–water partition coefficient (Wildman–Crippen LogP) is 1.41. The third kappa shape index (κ3) is 1.96. The highest BCUT2D eigenvalue weighted by atomic mass is 16.4. The quantitative estimate of drug-likeness (QED) is 0.712. The van der Waals surface area contributed by atoms with Gasteiger partial charge < -0.3 is 15.8 Å². The number of carboxylic acid groups (broad SMARTS) is 1. The first-order valence-corrected chi connectivity index (χ1v) is 5.59. The smallest absolute Gasteiger partial charge is 0.320 e. The van der Waals surface area contributed by atoms with Gasteiger partial charge in [-0.05, 0) is 24.6 Å². The maximum atomic E-state index is 10.9. The van der Waals surface area contributed by atoms with Crippen molar-refractivity contribution in [1.29, 1.82) is 0 Å². The van der Waals surface area contributed by atoms with Gasteiger partial charge in [-0.15, -0.1) is 6.42 Å². The predicted molar refractivity (Wildman–Crippen MR) is 70.3 cm³/mol. The zero-order valence-electron chi connectivity index (χ0n) is 10.0. The van der Waals surface area contributed by atoms with E-state index in [4.69, 9.17) is 17.3 Å². The van der Waals surface area contributed by atoms with Crippen LogP contribution in [0, 0.1) is 19.3 Å². The Morgan fingerprint density at radius 3 is 2.94 bits per heavy atom. The number of hydrogen-bond donors (Lipinski definition) is 3. The lowest BCUT2D eigenvalue weighted by Gasteiger charge is -2.07. The van der Waals surface area contributed by atoms with E-state index in [2.05, 4.69) is 10.9 Å². The molecule has 18 heavy (non-hydrogen) atoms. The molecule has 1 unspecified atom stereocenters. The summed E-state index contributed by atoms with van der Waals surface area (Å²) in [4.78, 5) is 14.1. The van der Waals surface area contributed by atoms with Gasteiger partial charge in [-0.3, -0.25) is 4.79 Å². The Morgan fingerprint density at radius 2 is 2.33 bits per heavy atom. The number of terminal acetylenes is 1. The van der Waals surface area contributed by atoms with Crippen LogP contribution in [0.4, 0.5) is 0 Å². The molecule has 1 aromatic carbocycles. The molecule has 0 fully saturated rings. The number of nitrogens with one attached hydrogen (secondary N) is 1. The maximum Gasteiger partial charge on any atom is 0.320 e. The number of aryl methyl sites for hydroxylation is 1. The molecule has 0 aliphatic heterocycles. The largest absolute Gasteiger partial charge is 0.480 e. The van der Waals surface area contributed by atoms with Crippen LogP contribution in [0.1, 0.15) is 16.8 Å². The molecular formula is C14H14N2O2. The molecular weight excluding hydrogens is 228 g/mol. The van der Waals surface area contributed by atoms with E-state index in [1.54, 1.807) is 0 Å². The van der Waals surface area contributed by atoms with Gasteiger partial charge in [0, 0.05) is 28.6 Å². The van der Waals surface area contributed by atoms with Crippen molar-refractivity contribution < 1.29 is 9.90 Å². The molecule has 0 amide bonds. The lowest BCUT2D eigenvalue weighted by atomic mass is 10.00. The number of rotatable bonds is 3. The normalized spacial score (nSPS) is 12.3. The van der Waals surface area contributed by atoms with Crippen LogP contribution in [0.2, 0.25) is 0 Å². The number of benzene rings is 1. The maximum absolute atomic E-state index is 10.9. The molecule has 4 nitrogen and oxygen atoms in total. The van der Waals surface area contributed by atoms with Crippen molar-refractivity contribution in [3.8, 4) is 12.3 Å². The molecule has 0 saturated carbocycles. The average Bonchev–Trinajstić information content (AvgIpc) is 2.65. The fourth-order valence-electron chi connectivity index (χ4n) is 2.13. The van der Waals surface area contributed by atoms with Crippen LogP contribution in [0.3, 0.4) is 0 Å². The second-order valence-corrected chi connectivity index (χ2v) is 4.25. The summed E-state index contributed by atoms with van der Waals surface area (Å²) in [6, 6.07) is 4.70. The molecule has 1 heterocycles. The second kappa shape index (κ2) is 4.55. The number of aromatic nitrogens is 1. The van der Waals surface area contributed by atoms with E-state index >= 15 is 0 Å².